The zero-order chi connectivity index (χ0) is 15.3. The lowest BCUT2D eigenvalue weighted by Crippen LogP contribution is -2.13. The Labute approximate surface area is 118 Å². The van der Waals surface area contributed by atoms with Crippen molar-refractivity contribution < 1.29 is 22.7 Å². The maximum Gasteiger partial charge on any atom is 0.441 e. The standard InChI is InChI=1S/C11H16F3N3O2S/c1-7(2)6-19-10(18)9-8(3)17(16-15-9)4-5-20-11(12,13)14/h7H,4-6H2,1-3H3. The van der Waals surface area contributed by atoms with Crippen molar-refractivity contribution in [2.45, 2.75) is 32.8 Å². The monoisotopic (exact) mass is 311 g/mol. The first-order valence-electron chi connectivity index (χ1n) is 5.98. The van der Waals surface area contributed by atoms with Gasteiger partial charge in [0.2, 0.25) is 0 Å². The van der Waals surface area contributed by atoms with Gasteiger partial charge >= 0.3 is 11.5 Å². The highest BCUT2D eigenvalue weighted by Crippen LogP contribution is 2.30. The zero-order valence-electron chi connectivity index (χ0n) is 11.4. The molecular formula is C11H16F3N3O2S. The molecule has 9 heteroatoms. The second kappa shape index (κ2) is 6.96. The van der Waals surface area contributed by atoms with E-state index in [9.17, 15) is 18.0 Å². The first-order chi connectivity index (χ1) is 9.20. The van der Waals surface area contributed by atoms with Crippen molar-refractivity contribution in [3.8, 4) is 0 Å². The fourth-order valence-electron chi connectivity index (χ4n) is 1.32. The third kappa shape index (κ3) is 5.40. The molecule has 0 aliphatic carbocycles. The molecule has 0 bridgehead atoms. The van der Waals surface area contributed by atoms with Crippen LogP contribution in [0.25, 0.3) is 0 Å². The van der Waals surface area contributed by atoms with Gasteiger partial charge in [-0.15, -0.1) is 5.10 Å². The van der Waals surface area contributed by atoms with E-state index in [0.29, 0.717) is 5.69 Å². The third-order valence-corrected chi connectivity index (χ3v) is 3.01. The summed E-state index contributed by atoms with van der Waals surface area (Å²) >= 11 is -0.136. The predicted octanol–water partition coefficient (Wildman–Crippen LogP) is 2.65. The van der Waals surface area contributed by atoms with E-state index in [-0.39, 0.29) is 42.3 Å². The number of esters is 1. The Hall–Kier alpha value is -1.25. The van der Waals surface area contributed by atoms with Crippen molar-refractivity contribution in [3.63, 3.8) is 0 Å². The summed E-state index contributed by atoms with van der Waals surface area (Å²) in [5, 5.41) is 7.33. The lowest BCUT2D eigenvalue weighted by atomic mass is 10.2. The van der Waals surface area contributed by atoms with Crippen LogP contribution in [-0.2, 0) is 11.3 Å². The van der Waals surface area contributed by atoms with E-state index >= 15 is 0 Å². The Morgan fingerprint density at radius 1 is 1.45 bits per heavy atom. The number of carbonyl (C=O) groups is 1. The SMILES string of the molecule is Cc1c(C(=O)OCC(C)C)nnn1CCSC(F)(F)F. The van der Waals surface area contributed by atoms with E-state index in [4.69, 9.17) is 4.74 Å². The van der Waals surface area contributed by atoms with Crippen molar-refractivity contribution in [1.29, 1.82) is 0 Å². The molecule has 0 saturated carbocycles. The van der Waals surface area contributed by atoms with E-state index in [1.807, 2.05) is 13.8 Å². The normalized spacial score (nSPS) is 11.9. The van der Waals surface area contributed by atoms with Crippen molar-refractivity contribution >= 4 is 17.7 Å². The van der Waals surface area contributed by atoms with E-state index in [0.717, 1.165) is 0 Å². The topological polar surface area (TPSA) is 57.0 Å². The van der Waals surface area contributed by atoms with Gasteiger partial charge in [0.15, 0.2) is 5.69 Å². The van der Waals surface area contributed by atoms with Gasteiger partial charge < -0.3 is 4.74 Å². The second-order valence-corrected chi connectivity index (χ2v) is 5.69. The van der Waals surface area contributed by atoms with Crippen LogP contribution in [0.2, 0.25) is 0 Å². The van der Waals surface area contributed by atoms with Gasteiger partial charge in [0, 0.05) is 5.75 Å². The average molecular weight is 311 g/mol. The van der Waals surface area contributed by atoms with Crippen LogP contribution in [0, 0.1) is 12.8 Å². The number of halogens is 3. The summed E-state index contributed by atoms with van der Waals surface area (Å²) in [5.41, 5.74) is -3.82. The van der Waals surface area contributed by atoms with E-state index in [1.54, 1.807) is 6.92 Å². The molecular weight excluding hydrogens is 295 g/mol. The summed E-state index contributed by atoms with van der Waals surface area (Å²) in [6.07, 6.45) is 0. The lowest BCUT2D eigenvalue weighted by Gasteiger charge is -2.07. The number of aromatic nitrogens is 3. The maximum atomic E-state index is 12.0. The number of thioether (sulfide) groups is 1. The molecule has 0 unspecified atom stereocenters. The molecule has 5 nitrogen and oxygen atoms in total. The molecule has 0 spiro atoms. The molecule has 1 rings (SSSR count). The summed E-state index contributed by atoms with van der Waals surface area (Å²) in [4.78, 5) is 11.7. The molecule has 0 fully saturated rings. The van der Waals surface area contributed by atoms with Gasteiger partial charge in [0.25, 0.3) is 0 Å². The quantitative estimate of drug-likeness (QED) is 0.756. The molecule has 0 aromatic carbocycles. The second-order valence-electron chi connectivity index (χ2n) is 4.53. The number of hydrogen-bond donors (Lipinski definition) is 0. The van der Waals surface area contributed by atoms with Crippen LogP contribution in [0.3, 0.4) is 0 Å². The highest BCUT2D eigenvalue weighted by molar-refractivity contribution is 8.00. The largest absolute Gasteiger partial charge is 0.461 e. The van der Waals surface area contributed by atoms with E-state index in [2.05, 4.69) is 10.3 Å². The molecule has 0 aliphatic rings. The van der Waals surface area contributed by atoms with Gasteiger partial charge in [-0.1, -0.05) is 19.1 Å². The molecule has 0 aliphatic heterocycles. The molecule has 0 amide bonds. The van der Waals surface area contributed by atoms with E-state index < -0.39 is 11.5 Å². The molecule has 0 saturated heterocycles. The highest BCUT2D eigenvalue weighted by Gasteiger charge is 2.28. The van der Waals surface area contributed by atoms with Crippen molar-refractivity contribution in [2.75, 3.05) is 12.4 Å². The minimum absolute atomic E-state index is 0.0282. The summed E-state index contributed by atoms with van der Waals surface area (Å²) in [6, 6.07) is 0. The van der Waals surface area contributed by atoms with Crippen LogP contribution in [0.15, 0.2) is 0 Å². The fraction of sp³-hybridized carbons (Fsp3) is 0.727. The molecule has 0 atom stereocenters. The van der Waals surface area contributed by atoms with E-state index in [1.165, 1.54) is 4.68 Å². The van der Waals surface area contributed by atoms with Crippen molar-refractivity contribution in [3.05, 3.63) is 11.4 Å². The third-order valence-electron chi connectivity index (χ3n) is 2.29. The van der Waals surface area contributed by atoms with Gasteiger partial charge in [-0.05, 0) is 24.6 Å². The van der Waals surface area contributed by atoms with Gasteiger partial charge in [-0.2, -0.15) is 13.2 Å². The molecule has 1 aromatic rings. The van der Waals surface area contributed by atoms with Crippen LogP contribution in [0.5, 0.6) is 0 Å². The van der Waals surface area contributed by atoms with Crippen molar-refractivity contribution in [2.24, 2.45) is 5.92 Å². The average Bonchev–Trinajstić information content (AvgIpc) is 2.66. The Morgan fingerprint density at radius 2 is 2.10 bits per heavy atom. The summed E-state index contributed by atoms with van der Waals surface area (Å²) in [5.74, 6) is -0.600. The Bertz CT molecular complexity index is 460. The molecule has 0 N–H and O–H groups in total. The minimum atomic E-state index is -4.27. The molecule has 114 valence electrons. The van der Waals surface area contributed by atoms with Crippen LogP contribution < -0.4 is 0 Å². The number of rotatable bonds is 6. The molecule has 1 aromatic heterocycles. The van der Waals surface area contributed by atoms with Gasteiger partial charge in [0.05, 0.1) is 18.8 Å². The van der Waals surface area contributed by atoms with Crippen LogP contribution in [0.4, 0.5) is 13.2 Å². The Kier molecular flexibility index (Phi) is 5.85. The first kappa shape index (κ1) is 16.8. The van der Waals surface area contributed by atoms with Crippen LogP contribution in [-0.4, -0.2) is 38.8 Å². The Balaban J connectivity index is 2.58. The Morgan fingerprint density at radius 3 is 2.65 bits per heavy atom. The predicted molar refractivity (Wildman–Crippen MR) is 68.4 cm³/mol. The smallest absolute Gasteiger partial charge is 0.441 e. The van der Waals surface area contributed by atoms with Gasteiger partial charge in [-0.3, -0.25) is 0 Å². The number of aryl methyl sites for hydroxylation is 1. The first-order valence-corrected chi connectivity index (χ1v) is 6.97. The highest BCUT2D eigenvalue weighted by atomic mass is 32.2. The summed E-state index contributed by atoms with van der Waals surface area (Å²) in [7, 11) is 0. The number of nitrogens with zero attached hydrogens (tertiary/aromatic N) is 3. The number of alkyl halides is 3. The van der Waals surface area contributed by atoms with Crippen molar-refractivity contribution in [1.82, 2.24) is 15.0 Å². The molecule has 1 heterocycles. The van der Waals surface area contributed by atoms with Gasteiger partial charge in [0.1, 0.15) is 0 Å². The number of hydrogen-bond acceptors (Lipinski definition) is 5. The minimum Gasteiger partial charge on any atom is -0.461 e. The lowest BCUT2D eigenvalue weighted by molar-refractivity contribution is -0.0328. The summed E-state index contributed by atoms with van der Waals surface area (Å²) in [6.45, 7) is 5.65. The summed E-state index contributed by atoms with van der Waals surface area (Å²) < 4.78 is 42.3. The fourth-order valence-corrected chi connectivity index (χ4v) is 1.82. The molecule has 20 heavy (non-hydrogen) atoms. The van der Waals surface area contributed by atoms with Crippen LogP contribution >= 0.6 is 11.8 Å². The molecule has 0 radical (unpaired) electrons. The maximum absolute atomic E-state index is 12.0. The number of carbonyl (C=O) groups excluding carboxylic acids is 1. The number of ether oxygens (including phenoxy) is 1. The zero-order valence-corrected chi connectivity index (χ0v) is 12.2. The van der Waals surface area contributed by atoms with Gasteiger partial charge in [-0.25, -0.2) is 9.48 Å². The van der Waals surface area contributed by atoms with Crippen LogP contribution in [0.1, 0.15) is 30.0 Å².